The molecule has 1 saturated carbocycles. The average molecular weight is 278 g/mol. The van der Waals surface area contributed by atoms with Crippen LogP contribution in [0.4, 0.5) is 0 Å². The van der Waals surface area contributed by atoms with Gasteiger partial charge in [-0.15, -0.1) is 0 Å². The molecule has 0 spiro atoms. The Morgan fingerprint density at radius 1 is 1.38 bits per heavy atom. The number of alkyl halides is 1. The van der Waals surface area contributed by atoms with Gasteiger partial charge in [0.15, 0.2) is 0 Å². The number of hydrogen-bond donors (Lipinski definition) is 1. The number of rotatable bonds is 3. The van der Waals surface area contributed by atoms with E-state index in [1.54, 1.807) is 6.20 Å². The lowest BCUT2D eigenvalue weighted by Crippen LogP contribution is -1.89. The molecule has 1 aliphatic carbocycles. The van der Waals surface area contributed by atoms with Crippen LogP contribution in [0.25, 0.3) is 11.4 Å². The highest BCUT2D eigenvalue weighted by molar-refractivity contribution is 9.08. The van der Waals surface area contributed by atoms with E-state index in [-0.39, 0.29) is 0 Å². The fourth-order valence-electron chi connectivity index (χ4n) is 1.94. The highest BCUT2D eigenvalue weighted by Crippen LogP contribution is 2.42. The number of hydrogen-bond acceptors (Lipinski definition) is 2. The number of nitrogens with one attached hydrogen (secondary N) is 1. The topological polar surface area (TPSA) is 41.6 Å². The van der Waals surface area contributed by atoms with Gasteiger partial charge in [0, 0.05) is 28.7 Å². The molecular formula is C12H12BrN3. The van der Waals surface area contributed by atoms with Crippen molar-refractivity contribution in [3.63, 3.8) is 0 Å². The molecule has 0 radical (unpaired) electrons. The molecule has 0 atom stereocenters. The van der Waals surface area contributed by atoms with E-state index in [2.05, 4.69) is 31.1 Å². The van der Waals surface area contributed by atoms with Crippen LogP contribution >= 0.6 is 15.9 Å². The predicted octanol–water partition coefficient (Wildman–Crippen LogP) is 3.24. The summed E-state index contributed by atoms with van der Waals surface area (Å²) in [6.45, 7) is 0. The van der Waals surface area contributed by atoms with Crippen LogP contribution in [-0.4, -0.2) is 15.2 Å². The van der Waals surface area contributed by atoms with E-state index in [9.17, 15) is 0 Å². The quantitative estimate of drug-likeness (QED) is 0.876. The molecule has 0 saturated heterocycles. The fourth-order valence-corrected chi connectivity index (χ4v) is 2.51. The minimum absolute atomic E-state index is 0.692. The lowest BCUT2D eigenvalue weighted by Gasteiger charge is -2.00. The summed E-state index contributed by atoms with van der Waals surface area (Å²) in [5.74, 6) is 0.692. The summed E-state index contributed by atoms with van der Waals surface area (Å²) in [6, 6.07) is 5.91. The molecule has 0 aromatic carbocycles. The van der Waals surface area contributed by atoms with Gasteiger partial charge in [-0.3, -0.25) is 10.1 Å². The van der Waals surface area contributed by atoms with E-state index in [4.69, 9.17) is 0 Å². The number of halogens is 1. The van der Waals surface area contributed by atoms with Crippen molar-refractivity contribution in [3.05, 3.63) is 35.7 Å². The molecule has 0 aliphatic heterocycles. The third kappa shape index (κ3) is 1.67. The van der Waals surface area contributed by atoms with Gasteiger partial charge in [0.2, 0.25) is 0 Å². The van der Waals surface area contributed by atoms with Crippen molar-refractivity contribution in [2.45, 2.75) is 24.1 Å². The SMILES string of the molecule is BrCc1c(-c2ccccn2)n[nH]c1C1CC1. The Kier molecular flexibility index (Phi) is 2.52. The highest BCUT2D eigenvalue weighted by atomic mass is 79.9. The summed E-state index contributed by atoms with van der Waals surface area (Å²) in [4.78, 5) is 4.35. The largest absolute Gasteiger partial charge is 0.281 e. The number of pyridine rings is 1. The van der Waals surface area contributed by atoms with E-state index < -0.39 is 0 Å². The average Bonchev–Trinajstić information content (AvgIpc) is 3.09. The van der Waals surface area contributed by atoms with Gasteiger partial charge in [0.25, 0.3) is 0 Å². The second-order valence-corrected chi connectivity index (χ2v) is 4.65. The van der Waals surface area contributed by atoms with Crippen LogP contribution in [0.3, 0.4) is 0 Å². The molecule has 2 aromatic heterocycles. The van der Waals surface area contributed by atoms with Crippen LogP contribution in [-0.2, 0) is 5.33 Å². The molecule has 2 aromatic rings. The molecule has 16 heavy (non-hydrogen) atoms. The molecule has 0 amide bonds. The zero-order valence-corrected chi connectivity index (χ0v) is 10.4. The molecule has 3 nitrogen and oxygen atoms in total. The second kappa shape index (κ2) is 4.01. The highest BCUT2D eigenvalue weighted by Gasteiger charge is 2.29. The molecular weight excluding hydrogens is 266 g/mol. The van der Waals surface area contributed by atoms with E-state index in [0.29, 0.717) is 5.92 Å². The third-order valence-electron chi connectivity index (χ3n) is 2.93. The summed E-state index contributed by atoms with van der Waals surface area (Å²) in [5, 5.41) is 8.40. The zero-order chi connectivity index (χ0) is 11.0. The molecule has 82 valence electrons. The van der Waals surface area contributed by atoms with Crippen LogP contribution in [0.2, 0.25) is 0 Å². The van der Waals surface area contributed by atoms with E-state index >= 15 is 0 Å². The lowest BCUT2D eigenvalue weighted by atomic mass is 10.1. The maximum absolute atomic E-state index is 4.40. The van der Waals surface area contributed by atoms with Gasteiger partial charge in [-0.1, -0.05) is 22.0 Å². The summed E-state index contributed by atoms with van der Waals surface area (Å²) in [6.07, 6.45) is 4.37. The minimum Gasteiger partial charge on any atom is -0.281 e. The van der Waals surface area contributed by atoms with Gasteiger partial charge in [0.1, 0.15) is 5.69 Å². The van der Waals surface area contributed by atoms with Gasteiger partial charge in [-0.05, 0) is 25.0 Å². The minimum atomic E-state index is 0.692. The Hall–Kier alpha value is -1.16. The normalized spacial score (nSPS) is 15.3. The van der Waals surface area contributed by atoms with Crippen molar-refractivity contribution in [2.24, 2.45) is 0 Å². The van der Waals surface area contributed by atoms with Crippen molar-refractivity contribution in [2.75, 3.05) is 0 Å². The van der Waals surface area contributed by atoms with E-state index in [1.807, 2.05) is 18.2 Å². The van der Waals surface area contributed by atoms with Crippen molar-refractivity contribution >= 4 is 15.9 Å². The molecule has 0 unspecified atom stereocenters. The van der Waals surface area contributed by atoms with Crippen LogP contribution in [0.1, 0.15) is 30.0 Å². The Morgan fingerprint density at radius 2 is 2.25 bits per heavy atom. The second-order valence-electron chi connectivity index (χ2n) is 4.09. The first-order valence-electron chi connectivity index (χ1n) is 5.44. The maximum atomic E-state index is 4.40. The van der Waals surface area contributed by atoms with Crippen molar-refractivity contribution < 1.29 is 0 Å². The molecule has 2 heterocycles. The van der Waals surface area contributed by atoms with Gasteiger partial charge in [-0.25, -0.2) is 0 Å². The van der Waals surface area contributed by atoms with E-state index in [1.165, 1.54) is 24.1 Å². The molecule has 1 fully saturated rings. The molecule has 4 heteroatoms. The summed E-state index contributed by atoms with van der Waals surface area (Å²) in [5.41, 5.74) is 4.48. The first-order chi connectivity index (χ1) is 7.90. The Labute approximate surface area is 102 Å². The standard InChI is InChI=1S/C12H12BrN3/c13-7-9-11(8-4-5-8)15-16-12(9)10-3-1-2-6-14-10/h1-3,6,8H,4-5,7H2,(H,15,16). The van der Waals surface area contributed by atoms with Crippen LogP contribution < -0.4 is 0 Å². The Bertz CT molecular complexity index is 488. The molecule has 0 bridgehead atoms. The lowest BCUT2D eigenvalue weighted by molar-refractivity contribution is 0.958. The monoisotopic (exact) mass is 277 g/mol. The van der Waals surface area contributed by atoms with Crippen LogP contribution in [0.5, 0.6) is 0 Å². The van der Waals surface area contributed by atoms with Gasteiger partial charge in [-0.2, -0.15) is 5.10 Å². The predicted molar refractivity (Wildman–Crippen MR) is 66.4 cm³/mol. The number of aromatic amines is 1. The van der Waals surface area contributed by atoms with Crippen molar-refractivity contribution in [3.8, 4) is 11.4 Å². The zero-order valence-electron chi connectivity index (χ0n) is 8.78. The fraction of sp³-hybridized carbons (Fsp3) is 0.333. The molecule has 1 aliphatic rings. The number of H-pyrrole nitrogens is 1. The first kappa shape index (κ1) is 10.0. The summed E-state index contributed by atoms with van der Waals surface area (Å²) < 4.78 is 0. The summed E-state index contributed by atoms with van der Waals surface area (Å²) in [7, 11) is 0. The molecule has 1 N–H and O–H groups in total. The van der Waals surface area contributed by atoms with Gasteiger partial charge < -0.3 is 0 Å². The Balaban J connectivity index is 2.07. The summed E-state index contributed by atoms with van der Waals surface area (Å²) >= 11 is 3.54. The van der Waals surface area contributed by atoms with Gasteiger partial charge in [0.05, 0.1) is 5.69 Å². The van der Waals surface area contributed by atoms with E-state index in [0.717, 1.165) is 16.7 Å². The van der Waals surface area contributed by atoms with Crippen molar-refractivity contribution in [1.29, 1.82) is 0 Å². The van der Waals surface area contributed by atoms with Crippen molar-refractivity contribution in [1.82, 2.24) is 15.2 Å². The maximum Gasteiger partial charge on any atom is 0.115 e. The third-order valence-corrected chi connectivity index (χ3v) is 3.49. The smallest absolute Gasteiger partial charge is 0.115 e. The number of aromatic nitrogens is 3. The molecule has 3 rings (SSSR count). The van der Waals surface area contributed by atoms with Gasteiger partial charge >= 0.3 is 0 Å². The van der Waals surface area contributed by atoms with Crippen LogP contribution in [0.15, 0.2) is 24.4 Å². The Morgan fingerprint density at radius 3 is 2.88 bits per heavy atom. The first-order valence-corrected chi connectivity index (χ1v) is 6.57. The van der Waals surface area contributed by atoms with Crippen LogP contribution in [0, 0.1) is 0 Å². The number of nitrogens with zero attached hydrogens (tertiary/aromatic N) is 2.